The molecule has 1 aromatic carbocycles. The number of nitrogens with zero attached hydrogens (tertiary/aromatic N) is 2. The molecule has 3 rings (SSSR count). The van der Waals surface area contributed by atoms with E-state index in [0.29, 0.717) is 5.52 Å². The van der Waals surface area contributed by atoms with E-state index in [2.05, 4.69) is 4.98 Å². The van der Waals surface area contributed by atoms with E-state index in [0.717, 1.165) is 5.39 Å². The second kappa shape index (κ2) is 6.24. The Morgan fingerprint density at radius 2 is 1.63 bits per heavy atom. The first-order valence-corrected chi connectivity index (χ1v) is 7.57. The summed E-state index contributed by atoms with van der Waals surface area (Å²) in [6.07, 6.45) is -7.40. The summed E-state index contributed by atoms with van der Waals surface area (Å²) in [5.41, 5.74) is 0.582. The van der Waals surface area contributed by atoms with Crippen LogP contribution in [-0.4, -0.2) is 53.0 Å². The average Bonchev–Trinajstić information content (AvgIpc) is 2.55. The van der Waals surface area contributed by atoms with Gasteiger partial charge in [-0.3, -0.25) is 4.79 Å². The first-order chi connectivity index (χ1) is 12.4. The van der Waals surface area contributed by atoms with Crippen molar-refractivity contribution in [3.63, 3.8) is 0 Å². The van der Waals surface area contributed by atoms with E-state index in [1.54, 1.807) is 30.3 Å². The van der Waals surface area contributed by atoms with Crippen LogP contribution < -0.4 is 4.74 Å². The fourth-order valence-corrected chi connectivity index (χ4v) is 2.47. The number of carbonyl (C=O) groups excluding carboxylic acids is 1. The zero-order valence-electron chi connectivity index (χ0n) is 13.3. The van der Waals surface area contributed by atoms with Crippen LogP contribution in [0.5, 0.6) is 5.88 Å². The highest BCUT2D eigenvalue weighted by Crippen LogP contribution is 2.47. The lowest BCUT2D eigenvalue weighted by atomic mass is 10.1. The van der Waals surface area contributed by atoms with E-state index in [9.17, 15) is 35.5 Å². The van der Waals surface area contributed by atoms with Crippen molar-refractivity contribution in [3.05, 3.63) is 36.4 Å². The molecule has 0 aliphatic carbocycles. The maximum absolute atomic E-state index is 13.4. The summed E-state index contributed by atoms with van der Waals surface area (Å²) in [5, 5.41) is 0.810. The molecule has 1 aliphatic heterocycles. The normalized spacial score (nSPS) is 16.3. The molecule has 4 nitrogen and oxygen atoms in total. The Balaban J connectivity index is 1.63. The van der Waals surface area contributed by atoms with E-state index >= 15 is 0 Å². The Bertz CT molecular complexity index is 863. The number of amides is 1. The number of fused-ring (bicyclic) bond motifs is 1. The molecule has 2 heterocycles. The van der Waals surface area contributed by atoms with Gasteiger partial charge in [-0.05, 0) is 12.1 Å². The molecule has 1 aromatic heterocycles. The van der Waals surface area contributed by atoms with E-state index < -0.39 is 43.1 Å². The van der Waals surface area contributed by atoms with Crippen LogP contribution in [0, 0.1) is 0 Å². The number of ether oxygens (including phenoxy) is 1. The quantitative estimate of drug-likeness (QED) is 0.741. The lowest BCUT2D eigenvalue weighted by Crippen LogP contribution is -2.66. The van der Waals surface area contributed by atoms with Crippen LogP contribution in [0.2, 0.25) is 0 Å². The molecule has 1 aliphatic rings. The summed E-state index contributed by atoms with van der Waals surface area (Å²) in [5.74, 6) is -14.9. The Labute approximate surface area is 147 Å². The van der Waals surface area contributed by atoms with Crippen molar-refractivity contribution in [1.29, 1.82) is 0 Å². The minimum atomic E-state index is -6.55. The van der Waals surface area contributed by atoms with Crippen molar-refractivity contribution in [1.82, 2.24) is 9.88 Å². The van der Waals surface area contributed by atoms with Crippen molar-refractivity contribution < 1.29 is 40.3 Å². The number of likely N-dealkylation sites (tertiary alicyclic amines) is 1. The highest BCUT2D eigenvalue weighted by Gasteiger charge is 2.77. The number of para-hydroxylation sites is 1. The van der Waals surface area contributed by atoms with Crippen LogP contribution >= 0.6 is 0 Å². The number of aromatic nitrogens is 1. The number of carbonyl (C=O) groups is 1. The number of benzene rings is 1. The molecular formula is C16H11F7N2O2. The summed E-state index contributed by atoms with van der Waals surface area (Å²) in [7, 11) is 0. The molecule has 27 heavy (non-hydrogen) atoms. The predicted octanol–water partition coefficient (Wildman–Crippen LogP) is 3.66. The topological polar surface area (TPSA) is 42.4 Å². The van der Waals surface area contributed by atoms with Crippen molar-refractivity contribution in [2.45, 2.75) is 24.1 Å². The molecule has 0 spiro atoms. The molecular weight excluding hydrogens is 385 g/mol. The van der Waals surface area contributed by atoms with Crippen molar-refractivity contribution >= 4 is 16.8 Å². The zero-order valence-corrected chi connectivity index (χ0v) is 13.3. The zero-order chi connectivity index (χ0) is 20.0. The molecule has 0 unspecified atom stereocenters. The van der Waals surface area contributed by atoms with E-state index in [1.165, 1.54) is 6.07 Å². The van der Waals surface area contributed by atoms with E-state index in [-0.39, 0.29) is 10.8 Å². The lowest BCUT2D eigenvalue weighted by molar-refractivity contribution is -0.346. The predicted molar refractivity (Wildman–Crippen MR) is 78.7 cm³/mol. The van der Waals surface area contributed by atoms with Gasteiger partial charge in [0.25, 0.3) is 5.91 Å². The maximum Gasteiger partial charge on any atom is 0.460 e. The molecule has 0 saturated carbocycles. The summed E-state index contributed by atoms with van der Waals surface area (Å²) < 4.78 is 94.3. The van der Waals surface area contributed by atoms with Crippen LogP contribution in [0.3, 0.4) is 0 Å². The standard InChI is InChI=1S/C16H11F7N2O2/c17-14(18,15(19,20)16(21,22)23)13(26)25-7-10(8-25)27-12-6-5-9-3-1-2-4-11(9)24-12/h1-6,10H,7-8H2. The van der Waals surface area contributed by atoms with Gasteiger partial charge in [0.1, 0.15) is 6.10 Å². The number of hydrogen-bond donors (Lipinski definition) is 0. The largest absolute Gasteiger partial charge is 0.471 e. The van der Waals surface area contributed by atoms with E-state index in [1.807, 2.05) is 0 Å². The van der Waals surface area contributed by atoms with Gasteiger partial charge in [-0.25, -0.2) is 4.98 Å². The Morgan fingerprint density at radius 3 is 2.26 bits per heavy atom. The first-order valence-electron chi connectivity index (χ1n) is 7.57. The first kappa shape index (κ1) is 19.2. The van der Waals surface area contributed by atoms with Crippen LogP contribution in [0.15, 0.2) is 36.4 Å². The fraction of sp³-hybridized carbons (Fsp3) is 0.375. The number of pyridine rings is 1. The SMILES string of the molecule is O=C(N1CC(Oc2ccc3ccccc3n2)C1)C(F)(F)C(F)(F)C(F)(F)F. The number of rotatable bonds is 4. The van der Waals surface area contributed by atoms with Gasteiger partial charge in [0.05, 0.1) is 18.6 Å². The van der Waals surface area contributed by atoms with Crippen LogP contribution in [0.4, 0.5) is 30.7 Å². The van der Waals surface area contributed by atoms with Crippen LogP contribution in [-0.2, 0) is 4.79 Å². The smallest absolute Gasteiger partial charge is 0.460 e. The number of halogens is 7. The maximum atomic E-state index is 13.4. The van der Waals surface area contributed by atoms with Gasteiger partial charge in [-0.1, -0.05) is 18.2 Å². The molecule has 0 bridgehead atoms. The summed E-state index contributed by atoms with van der Waals surface area (Å²) >= 11 is 0. The van der Waals surface area contributed by atoms with Crippen LogP contribution in [0.25, 0.3) is 10.9 Å². The van der Waals surface area contributed by atoms with Gasteiger partial charge >= 0.3 is 18.0 Å². The second-order valence-corrected chi connectivity index (χ2v) is 5.94. The van der Waals surface area contributed by atoms with E-state index in [4.69, 9.17) is 4.74 Å². The molecule has 146 valence electrons. The van der Waals surface area contributed by atoms with Gasteiger partial charge in [0.2, 0.25) is 5.88 Å². The van der Waals surface area contributed by atoms with Crippen molar-refractivity contribution in [3.8, 4) is 5.88 Å². The van der Waals surface area contributed by atoms with Crippen molar-refractivity contribution in [2.24, 2.45) is 0 Å². The van der Waals surface area contributed by atoms with Gasteiger partial charge in [0, 0.05) is 11.5 Å². The summed E-state index contributed by atoms with van der Waals surface area (Å²) in [6, 6.07) is 10.2. The summed E-state index contributed by atoms with van der Waals surface area (Å²) in [6.45, 7) is -1.12. The summed E-state index contributed by atoms with van der Waals surface area (Å²) in [4.78, 5) is 15.8. The van der Waals surface area contributed by atoms with Crippen LogP contribution in [0.1, 0.15) is 0 Å². The average molecular weight is 396 g/mol. The van der Waals surface area contributed by atoms with Gasteiger partial charge in [-0.2, -0.15) is 30.7 Å². The third-order valence-electron chi connectivity index (χ3n) is 4.01. The highest BCUT2D eigenvalue weighted by atomic mass is 19.4. The third kappa shape index (κ3) is 3.26. The molecule has 2 aromatic rings. The third-order valence-corrected chi connectivity index (χ3v) is 4.01. The Morgan fingerprint density at radius 1 is 1.00 bits per heavy atom. The second-order valence-electron chi connectivity index (χ2n) is 5.94. The number of hydrogen-bond acceptors (Lipinski definition) is 3. The lowest BCUT2D eigenvalue weighted by Gasteiger charge is -2.41. The number of alkyl halides is 7. The van der Waals surface area contributed by atoms with Gasteiger partial charge in [-0.15, -0.1) is 0 Å². The molecule has 0 atom stereocenters. The molecule has 0 N–H and O–H groups in total. The molecule has 1 fully saturated rings. The van der Waals surface area contributed by atoms with Gasteiger partial charge in [0.15, 0.2) is 0 Å². The molecule has 11 heteroatoms. The Hall–Kier alpha value is -2.59. The highest BCUT2D eigenvalue weighted by molar-refractivity contribution is 5.85. The monoisotopic (exact) mass is 396 g/mol. The van der Waals surface area contributed by atoms with Crippen molar-refractivity contribution in [2.75, 3.05) is 13.1 Å². The fourth-order valence-electron chi connectivity index (χ4n) is 2.47. The molecule has 1 amide bonds. The Kier molecular flexibility index (Phi) is 4.43. The molecule has 1 saturated heterocycles. The van der Waals surface area contributed by atoms with Gasteiger partial charge < -0.3 is 9.64 Å². The molecule has 0 radical (unpaired) electrons. The minimum Gasteiger partial charge on any atom is -0.471 e. The minimum absolute atomic E-state index is 0.109.